The topological polar surface area (TPSA) is 96.7 Å². The van der Waals surface area contributed by atoms with Gasteiger partial charge >= 0.3 is 5.97 Å². The molecule has 0 saturated carbocycles. The van der Waals surface area contributed by atoms with Crippen molar-refractivity contribution < 1.29 is 14.6 Å². The van der Waals surface area contributed by atoms with Crippen LogP contribution in [-0.4, -0.2) is 34.0 Å². The number of aliphatic imine (C=N–C) groups is 1. The normalized spacial score (nSPS) is 13.3. The number of halogens is 1. The van der Waals surface area contributed by atoms with Crippen LogP contribution >= 0.6 is 35.2 Å². The summed E-state index contributed by atoms with van der Waals surface area (Å²) in [6, 6.07) is 5.17. The first-order valence-electron chi connectivity index (χ1n) is 9.93. The molecule has 0 amide bonds. The molecular weight excluding hydrogens is 470 g/mol. The Labute approximate surface area is 198 Å². The zero-order valence-electron chi connectivity index (χ0n) is 17.4. The largest absolute Gasteiger partial charge is 0.494 e. The summed E-state index contributed by atoms with van der Waals surface area (Å²) in [6.45, 7) is 1.86. The first-order valence-corrected chi connectivity index (χ1v) is 11.5. The molecule has 0 aliphatic heterocycles. The number of thiophene rings is 1. The van der Waals surface area contributed by atoms with E-state index in [0.29, 0.717) is 21.3 Å². The van der Waals surface area contributed by atoms with Crippen molar-refractivity contribution in [3.63, 3.8) is 0 Å². The number of hydrogen-bond donors (Lipinski definition) is 2. The highest BCUT2D eigenvalue weighted by Crippen LogP contribution is 2.40. The van der Waals surface area contributed by atoms with Crippen molar-refractivity contribution in [3.05, 3.63) is 65.5 Å². The van der Waals surface area contributed by atoms with Gasteiger partial charge in [0.05, 0.1) is 18.4 Å². The molecule has 3 aromatic rings. The highest BCUT2D eigenvalue weighted by molar-refractivity contribution is 7.71. The van der Waals surface area contributed by atoms with Gasteiger partial charge in [-0.15, -0.1) is 11.3 Å². The molecule has 0 unspecified atom stereocenters. The number of methoxy groups -OCH3 is 1. The Morgan fingerprint density at radius 3 is 2.84 bits per heavy atom. The van der Waals surface area contributed by atoms with E-state index in [0.717, 1.165) is 41.7 Å². The van der Waals surface area contributed by atoms with Gasteiger partial charge in [0.1, 0.15) is 10.6 Å². The molecule has 0 fully saturated rings. The third-order valence-electron chi connectivity index (χ3n) is 5.39. The van der Waals surface area contributed by atoms with Crippen molar-refractivity contribution in [2.45, 2.75) is 32.6 Å². The van der Waals surface area contributed by atoms with Gasteiger partial charge < -0.3 is 9.84 Å². The van der Waals surface area contributed by atoms with Crippen LogP contribution in [0.2, 0.25) is 5.02 Å². The number of aromatic hydroxyl groups is 1. The van der Waals surface area contributed by atoms with E-state index in [4.69, 9.17) is 28.6 Å². The van der Waals surface area contributed by atoms with Crippen LogP contribution in [0.15, 0.2) is 28.0 Å². The molecule has 4 rings (SSSR count). The van der Waals surface area contributed by atoms with Crippen LogP contribution in [0.3, 0.4) is 0 Å². The third-order valence-corrected chi connectivity index (χ3v) is 7.28. The van der Waals surface area contributed by atoms with Gasteiger partial charge in [-0.25, -0.2) is 9.79 Å². The maximum atomic E-state index is 12.6. The highest BCUT2D eigenvalue weighted by Gasteiger charge is 2.26. The van der Waals surface area contributed by atoms with Crippen LogP contribution in [0.4, 0.5) is 5.00 Å². The number of nitrogens with zero attached hydrogens (tertiary/aromatic N) is 2. The second kappa shape index (κ2) is 9.01. The number of nitrogens with one attached hydrogen (secondary N) is 1. The Morgan fingerprint density at radius 1 is 1.38 bits per heavy atom. The van der Waals surface area contributed by atoms with E-state index in [9.17, 15) is 14.7 Å². The number of rotatable bonds is 4. The van der Waals surface area contributed by atoms with E-state index >= 15 is 0 Å². The number of aromatic nitrogens is 2. The molecule has 32 heavy (non-hydrogen) atoms. The number of aromatic amines is 1. The standard InChI is InChI=1S/C22H20ClN3O4S2/c1-11-7-8-12(9-15(11)23)26-20(28)14(18(27)25-22(26)31)10-24-19-17(21(29)30-2)13-5-3-4-6-16(13)32-19/h7-10,28H,3-6H2,1-2H3,(H,25,27,31)/b24-10+. The number of H-pyrrole nitrogens is 1. The third kappa shape index (κ3) is 4.03. The van der Waals surface area contributed by atoms with Gasteiger partial charge in [0, 0.05) is 16.1 Å². The lowest BCUT2D eigenvalue weighted by Gasteiger charge is -2.12. The Hall–Kier alpha value is -2.75. The maximum Gasteiger partial charge on any atom is 0.341 e. The number of hydrogen-bond acceptors (Lipinski definition) is 7. The van der Waals surface area contributed by atoms with Crippen LogP contribution in [-0.2, 0) is 17.6 Å². The predicted molar refractivity (Wildman–Crippen MR) is 128 cm³/mol. The summed E-state index contributed by atoms with van der Waals surface area (Å²) in [7, 11) is 1.33. The molecule has 2 N–H and O–H groups in total. The number of aryl methyl sites for hydroxylation is 2. The van der Waals surface area contributed by atoms with Gasteiger partial charge in [-0.3, -0.25) is 14.3 Å². The summed E-state index contributed by atoms with van der Waals surface area (Å²) in [6.07, 6.45) is 4.97. The fraction of sp³-hybridized carbons (Fsp3) is 0.273. The monoisotopic (exact) mass is 489 g/mol. The summed E-state index contributed by atoms with van der Waals surface area (Å²) >= 11 is 12.9. The second-order valence-electron chi connectivity index (χ2n) is 7.41. The first kappa shape index (κ1) is 22.4. The molecule has 0 radical (unpaired) electrons. The SMILES string of the molecule is COC(=O)c1c(/N=C/c2c(O)n(-c3ccc(C)c(Cl)c3)c(=S)[nH]c2=O)sc2c1CCCC2. The van der Waals surface area contributed by atoms with Crippen LogP contribution < -0.4 is 5.56 Å². The summed E-state index contributed by atoms with van der Waals surface area (Å²) in [4.78, 5) is 33.0. The molecule has 2 aromatic heterocycles. The molecule has 2 heterocycles. The molecule has 7 nitrogen and oxygen atoms in total. The van der Waals surface area contributed by atoms with E-state index in [-0.39, 0.29) is 16.2 Å². The van der Waals surface area contributed by atoms with E-state index in [1.54, 1.807) is 18.2 Å². The molecule has 0 bridgehead atoms. The summed E-state index contributed by atoms with van der Waals surface area (Å²) in [5.74, 6) is -0.830. The van der Waals surface area contributed by atoms with Crippen LogP contribution in [0.25, 0.3) is 5.69 Å². The van der Waals surface area contributed by atoms with E-state index < -0.39 is 11.5 Å². The molecule has 10 heteroatoms. The number of carbonyl (C=O) groups excluding carboxylic acids is 1. The zero-order valence-corrected chi connectivity index (χ0v) is 19.8. The van der Waals surface area contributed by atoms with Crippen LogP contribution in [0.1, 0.15) is 44.8 Å². The van der Waals surface area contributed by atoms with Crippen LogP contribution in [0.5, 0.6) is 5.88 Å². The molecule has 1 aliphatic carbocycles. The number of ether oxygens (including phenoxy) is 1. The summed E-state index contributed by atoms with van der Waals surface area (Å²) < 4.78 is 6.29. The Kier molecular flexibility index (Phi) is 6.32. The first-order chi connectivity index (χ1) is 15.3. The van der Waals surface area contributed by atoms with Crippen molar-refractivity contribution in [1.29, 1.82) is 0 Å². The minimum Gasteiger partial charge on any atom is -0.494 e. The Balaban J connectivity index is 1.83. The average molecular weight is 490 g/mol. The summed E-state index contributed by atoms with van der Waals surface area (Å²) in [5.41, 5.74) is 2.07. The fourth-order valence-corrected chi connectivity index (χ4v) is 5.37. The zero-order chi connectivity index (χ0) is 23.0. The average Bonchev–Trinajstić information content (AvgIpc) is 3.13. The molecule has 0 atom stereocenters. The van der Waals surface area contributed by atoms with Gasteiger partial charge in [0.15, 0.2) is 4.77 Å². The number of fused-ring (bicyclic) bond motifs is 1. The fourth-order valence-electron chi connectivity index (χ4n) is 3.69. The second-order valence-corrected chi connectivity index (χ2v) is 9.28. The van der Waals surface area contributed by atoms with Crippen molar-refractivity contribution in [2.24, 2.45) is 4.99 Å². The molecule has 1 aliphatic rings. The Morgan fingerprint density at radius 2 is 2.12 bits per heavy atom. The minimum absolute atomic E-state index is 0.0198. The minimum atomic E-state index is -0.591. The Bertz CT molecular complexity index is 1370. The molecule has 0 saturated heterocycles. The van der Waals surface area contributed by atoms with Crippen LogP contribution in [0, 0.1) is 11.7 Å². The van der Waals surface area contributed by atoms with Crippen molar-refractivity contribution in [1.82, 2.24) is 9.55 Å². The maximum absolute atomic E-state index is 12.6. The number of esters is 1. The summed E-state index contributed by atoms with van der Waals surface area (Å²) in [5, 5.41) is 11.8. The van der Waals surface area contributed by atoms with E-state index in [1.165, 1.54) is 29.2 Å². The lowest BCUT2D eigenvalue weighted by atomic mass is 9.95. The molecule has 166 valence electrons. The van der Waals surface area contributed by atoms with E-state index in [2.05, 4.69) is 9.98 Å². The number of benzene rings is 1. The van der Waals surface area contributed by atoms with Crippen molar-refractivity contribution in [2.75, 3.05) is 7.11 Å². The lowest BCUT2D eigenvalue weighted by molar-refractivity contribution is 0.0601. The lowest BCUT2D eigenvalue weighted by Crippen LogP contribution is -2.18. The van der Waals surface area contributed by atoms with Gasteiger partial charge in [-0.05, 0) is 68.1 Å². The van der Waals surface area contributed by atoms with Gasteiger partial charge in [0.2, 0.25) is 5.88 Å². The molecular formula is C22H20ClN3O4S2. The number of carbonyl (C=O) groups is 1. The highest BCUT2D eigenvalue weighted by atomic mass is 35.5. The van der Waals surface area contributed by atoms with Gasteiger partial charge in [-0.2, -0.15) is 0 Å². The predicted octanol–water partition coefficient (Wildman–Crippen LogP) is 5.04. The van der Waals surface area contributed by atoms with Gasteiger partial charge in [-0.1, -0.05) is 17.7 Å². The molecule has 1 aromatic carbocycles. The van der Waals surface area contributed by atoms with Crippen molar-refractivity contribution >= 4 is 52.3 Å². The smallest absolute Gasteiger partial charge is 0.341 e. The molecule has 0 spiro atoms. The quantitative estimate of drug-likeness (QED) is 0.304. The van der Waals surface area contributed by atoms with Gasteiger partial charge in [0.25, 0.3) is 5.56 Å². The van der Waals surface area contributed by atoms with E-state index in [1.807, 2.05) is 6.92 Å². The van der Waals surface area contributed by atoms with Crippen molar-refractivity contribution in [3.8, 4) is 11.6 Å².